The Hall–Kier alpha value is -1.52. The minimum absolute atomic E-state index is 0.0757. The second-order valence-corrected chi connectivity index (χ2v) is 5.55. The Balaban J connectivity index is 2.98. The van der Waals surface area contributed by atoms with Gasteiger partial charge in [0.15, 0.2) is 6.10 Å². The molecule has 1 aromatic carbocycles. The summed E-state index contributed by atoms with van der Waals surface area (Å²) < 4.78 is 66.5. The zero-order chi connectivity index (χ0) is 15.6. The number of alkyl halides is 3. The third-order valence-corrected chi connectivity index (χ3v) is 3.77. The fourth-order valence-corrected chi connectivity index (χ4v) is 2.53. The first-order valence-electron chi connectivity index (χ1n) is 5.26. The molecule has 0 heterocycles. The smallest absolute Gasteiger partial charge is 0.415 e. The summed E-state index contributed by atoms with van der Waals surface area (Å²) in [4.78, 5) is -0.408. The van der Waals surface area contributed by atoms with Gasteiger partial charge in [0, 0.05) is 12.2 Å². The van der Waals surface area contributed by atoms with Crippen LogP contribution >= 0.6 is 0 Å². The molecule has 0 aliphatic rings. The number of methoxy groups -OCH3 is 1. The summed E-state index contributed by atoms with van der Waals surface area (Å²) >= 11 is 0. The minimum atomic E-state index is -4.91. The first-order chi connectivity index (χ1) is 9.08. The van der Waals surface area contributed by atoms with E-state index in [1.807, 2.05) is 0 Å². The molecule has 0 amide bonds. The monoisotopic (exact) mass is 314 g/mol. The highest BCUT2D eigenvalue weighted by molar-refractivity contribution is 7.89. The molecule has 0 saturated carbocycles. The number of benzene rings is 1. The number of halogens is 3. The highest BCUT2D eigenvalue weighted by Crippen LogP contribution is 2.26. The van der Waals surface area contributed by atoms with Crippen molar-refractivity contribution in [2.45, 2.75) is 17.2 Å². The molecule has 0 radical (unpaired) electrons. The summed E-state index contributed by atoms with van der Waals surface area (Å²) in [6.07, 6.45) is -7.72. The Bertz CT molecular complexity index is 574. The maximum absolute atomic E-state index is 12.1. The van der Waals surface area contributed by atoms with Gasteiger partial charge in [-0.2, -0.15) is 13.2 Å². The fraction of sp³-hybridized carbons (Fsp3) is 0.400. The second-order valence-electron chi connectivity index (χ2n) is 3.82. The molecule has 1 atom stereocenters. The number of rotatable bonds is 5. The van der Waals surface area contributed by atoms with E-state index >= 15 is 0 Å². The number of anilines is 1. The van der Waals surface area contributed by atoms with Gasteiger partial charge in [0.05, 0.1) is 7.11 Å². The Morgan fingerprint density at radius 2 is 2.05 bits per heavy atom. The van der Waals surface area contributed by atoms with Crippen LogP contribution < -0.4 is 15.2 Å². The van der Waals surface area contributed by atoms with E-state index in [1.54, 1.807) is 4.72 Å². The molecular formula is C10H13F3N2O4S. The van der Waals surface area contributed by atoms with Gasteiger partial charge in [-0.3, -0.25) is 0 Å². The summed E-state index contributed by atoms with van der Waals surface area (Å²) in [5.74, 6) is -0.0757. The van der Waals surface area contributed by atoms with Crippen LogP contribution in [-0.4, -0.2) is 39.5 Å². The zero-order valence-electron chi connectivity index (χ0n) is 10.3. The van der Waals surface area contributed by atoms with Crippen LogP contribution in [0.3, 0.4) is 0 Å². The van der Waals surface area contributed by atoms with Crippen LogP contribution in [0.25, 0.3) is 0 Å². The van der Waals surface area contributed by atoms with Crippen molar-refractivity contribution in [2.75, 3.05) is 19.4 Å². The normalized spacial score (nSPS) is 14.1. The van der Waals surface area contributed by atoms with Crippen molar-refractivity contribution in [1.82, 2.24) is 4.72 Å². The fourth-order valence-electron chi connectivity index (χ4n) is 1.29. The summed E-state index contributed by atoms with van der Waals surface area (Å²) in [6, 6.07) is 3.69. The van der Waals surface area contributed by atoms with Crippen LogP contribution in [0.2, 0.25) is 0 Å². The maximum Gasteiger partial charge on any atom is 0.415 e. The highest BCUT2D eigenvalue weighted by atomic mass is 32.2. The first kappa shape index (κ1) is 16.5. The Kier molecular flexibility index (Phi) is 4.84. The third-order valence-electron chi connectivity index (χ3n) is 2.32. The quantitative estimate of drug-likeness (QED) is 0.686. The first-order valence-corrected chi connectivity index (χ1v) is 6.74. The number of aliphatic hydroxyl groups excluding tert-OH is 1. The average Bonchev–Trinajstić information content (AvgIpc) is 2.34. The van der Waals surface area contributed by atoms with E-state index in [4.69, 9.17) is 15.6 Å². The lowest BCUT2D eigenvalue weighted by molar-refractivity contribution is -0.200. The number of hydrogen-bond donors (Lipinski definition) is 3. The molecule has 6 nitrogen and oxygen atoms in total. The molecule has 1 unspecified atom stereocenters. The van der Waals surface area contributed by atoms with Gasteiger partial charge in [-0.25, -0.2) is 13.1 Å². The lowest BCUT2D eigenvalue weighted by Gasteiger charge is -2.16. The number of hydrogen-bond acceptors (Lipinski definition) is 5. The summed E-state index contributed by atoms with van der Waals surface area (Å²) in [6.45, 7) is -1.20. The van der Waals surface area contributed by atoms with Crippen molar-refractivity contribution in [1.29, 1.82) is 0 Å². The molecular weight excluding hydrogens is 301 g/mol. The second kappa shape index (κ2) is 5.85. The van der Waals surface area contributed by atoms with Gasteiger partial charge in [-0.05, 0) is 18.2 Å². The molecule has 0 aliphatic carbocycles. The molecule has 114 valence electrons. The zero-order valence-corrected chi connectivity index (χ0v) is 11.1. The van der Waals surface area contributed by atoms with Gasteiger partial charge in [0.25, 0.3) is 0 Å². The van der Waals surface area contributed by atoms with Gasteiger partial charge < -0.3 is 15.6 Å². The van der Waals surface area contributed by atoms with E-state index in [-0.39, 0.29) is 11.4 Å². The average molecular weight is 314 g/mol. The lowest BCUT2D eigenvalue weighted by Crippen LogP contribution is -2.40. The molecule has 0 aliphatic heterocycles. The predicted molar refractivity (Wildman–Crippen MR) is 64.7 cm³/mol. The SMILES string of the molecule is COc1ccc(N)cc1S(=O)(=O)NCC(O)C(F)(F)F. The molecule has 0 spiro atoms. The number of ether oxygens (including phenoxy) is 1. The van der Waals surface area contributed by atoms with Crippen LogP contribution in [0.15, 0.2) is 23.1 Å². The summed E-state index contributed by atoms with van der Waals surface area (Å²) in [7, 11) is -3.09. The van der Waals surface area contributed by atoms with E-state index in [2.05, 4.69) is 0 Å². The van der Waals surface area contributed by atoms with Gasteiger partial charge in [-0.1, -0.05) is 0 Å². The van der Waals surface area contributed by atoms with E-state index in [0.717, 1.165) is 6.07 Å². The number of aliphatic hydroxyl groups is 1. The maximum atomic E-state index is 12.1. The van der Waals surface area contributed by atoms with Crippen molar-refractivity contribution in [2.24, 2.45) is 0 Å². The Morgan fingerprint density at radius 3 is 2.55 bits per heavy atom. The third kappa shape index (κ3) is 3.99. The van der Waals surface area contributed by atoms with E-state index < -0.39 is 33.7 Å². The molecule has 10 heteroatoms. The van der Waals surface area contributed by atoms with Gasteiger partial charge in [0.2, 0.25) is 10.0 Å². The lowest BCUT2D eigenvalue weighted by atomic mass is 10.3. The predicted octanol–water partition coefficient (Wildman–Crippen LogP) is 0.479. The summed E-state index contributed by atoms with van der Waals surface area (Å²) in [5, 5.41) is 8.77. The Morgan fingerprint density at radius 1 is 1.45 bits per heavy atom. The molecule has 0 bridgehead atoms. The Labute approximate surface area is 113 Å². The largest absolute Gasteiger partial charge is 0.495 e. The van der Waals surface area contributed by atoms with Crippen molar-refractivity contribution in [3.8, 4) is 5.75 Å². The standard InChI is InChI=1S/C10H13F3N2O4S/c1-19-7-3-2-6(14)4-8(7)20(17,18)15-5-9(16)10(11,12)13/h2-4,9,15-16H,5,14H2,1H3. The van der Waals surface area contributed by atoms with Crippen molar-refractivity contribution in [3.63, 3.8) is 0 Å². The van der Waals surface area contributed by atoms with Gasteiger partial charge in [-0.15, -0.1) is 0 Å². The number of nitrogens with two attached hydrogens (primary N) is 1. The minimum Gasteiger partial charge on any atom is -0.495 e. The molecule has 0 fully saturated rings. The van der Waals surface area contributed by atoms with Crippen LogP contribution in [0.4, 0.5) is 18.9 Å². The summed E-state index contributed by atoms with van der Waals surface area (Å²) in [5.41, 5.74) is 5.53. The van der Waals surface area contributed by atoms with Gasteiger partial charge in [0.1, 0.15) is 10.6 Å². The molecule has 0 saturated heterocycles. The van der Waals surface area contributed by atoms with Crippen molar-refractivity contribution in [3.05, 3.63) is 18.2 Å². The molecule has 20 heavy (non-hydrogen) atoms. The molecule has 0 aromatic heterocycles. The van der Waals surface area contributed by atoms with Gasteiger partial charge >= 0.3 is 6.18 Å². The number of nitrogens with one attached hydrogen (secondary N) is 1. The van der Waals surface area contributed by atoms with E-state index in [9.17, 15) is 21.6 Å². The number of sulfonamides is 1. The van der Waals surface area contributed by atoms with Crippen LogP contribution in [0.1, 0.15) is 0 Å². The van der Waals surface area contributed by atoms with Crippen molar-refractivity contribution < 1.29 is 31.4 Å². The topological polar surface area (TPSA) is 102 Å². The molecule has 1 rings (SSSR count). The van der Waals surface area contributed by atoms with Crippen LogP contribution in [-0.2, 0) is 10.0 Å². The van der Waals surface area contributed by atoms with Crippen LogP contribution in [0.5, 0.6) is 5.75 Å². The van der Waals surface area contributed by atoms with Crippen LogP contribution in [0, 0.1) is 0 Å². The van der Waals surface area contributed by atoms with E-state index in [0.29, 0.717) is 0 Å². The van der Waals surface area contributed by atoms with Crippen molar-refractivity contribution >= 4 is 15.7 Å². The molecule has 4 N–H and O–H groups in total. The van der Waals surface area contributed by atoms with E-state index in [1.165, 1.54) is 19.2 Å². The highest BCUT2D eigenvalue weighted by Gasteiger charge is 2.38. The molecule has 1 aromatic rings. The number of nitrogen functional groups attached to an aromatic ring is 1.